The Morgan fingerprint density at radius 3 is 2.53 bits per heavy atom. The lowest BCUT2D eigenvalue weighted by Crippen LogP contribution is -2.23. The molecule has 19 heavy (non-hydrogen) atoms. The van der Waals surface area contributed by atoms with Crippen LogP contribution < -0.4 is 5.32 Å². The van der Waals surface area contributed by atoms with Crippen LogP contribution in [0.1, 0.15) is 21.5 Å². The first-order chi connectivity index (χ1) is 9.22. The molecule has 0 heterocycles. The predicted molar refractivity (Wildman–Crippen MR) is 80.6 cm³/mol. The maximum Gasteiger partial charge on any atom is 0.251 e. The normalized spacial score (nSPS) is 10.2. The largest absolute Gasteiger partial charge is 0.348 e. The zero-order valence-corrected chi connectivity index (χ0v) is 12.0. The average Bonchev–Trinajstić information content (AvgIpc) is 2.45. The Morgan fingerprint density at radius 2 is 1.79 bits per heavy atom. The molecule has 0 aromatic heterocycles. The highest BCUT2D eigenvalue weighted by Crippen LogP contribution is 2.19. The second-order valence-corrected chi connectivity index (χ2v) is 5.16. The standard InChI is InChI=1S/C16H17NOS/c1-12-7-3-5-9-14(12)16(18)17-11-13-8-4-6-10-15(13)19-2/h3-10H,11H2,1-2H3,(H,17,18). The average molecular weight is 271 g/mol. The molecule has 0 spiro atoms. The topological polar surface area (TPSA) is 29.1 Å². The lowest BCUT2D eigenvalue weighted by molar-refractivity contribution is 0.0950. The minimum absolute atomic E-state index is 0.0194. The predicted octanol–water partition coefficient (Wildman–Crippen LogP) is 3.65. The summed E-state index contributed by atoms with van der Waals surface area (Å²) < 4.78 is 0. The maximum atomic E-state index is 12.1. The van der Waals surface area contributed by atoms with Gasteiger partial charge in [0, 0.05) is 17.0 Å². The summed E-state index contributed by atoms with van der Waals surface area (Å²) in [7, 11) is 0. The quantitative estimate of drug-likeness (QED) is 0.860. The van der Waals surface area contributed by atoms with E-state index in [0.717, 1.165) is 16.7 Å². The van der Waals surface area contributed by atoms with Gasteiger partial charge in [0.2, 0.25) is 0 Å². The molecule has 2 aromatic carbocycles. The van der Waals surface area contributed by atoms with Gasteiger partial charge in [-0.2, -0.15) is 0 Å². The van der Waals surface area contributed by atoms with Crippen molar-refractivity contribution in [2.75, 3.05) is 6.26 Å². The number of benzene rings is 2. The van der Waals surface area contributed by atoms with E-state index < -0.39 is 0 Å². The summed E-state index contributed by atoms with van der Waals surface area (Å²) in [6, 6.07) is 15.8. The third kappa shape index (κ3) is 3.38. The Balaban J connectivity index is 2.07. The van der Waals surface area contributed by atoms with E-state index in [0.29, 0.717) is 6.54 Å². The summed E-state index contributed by atoms with van der Waals surface area (Å²) >= 11 is 1.69. The Morgan fingerprint density at radius 1 is 1.11 bits per heavy atom. The van der Waals surface area contributed by atoms with Crippen molar-refractivity contribution < 1.29 is 4.79 Å². The van der Waals surface area contributed by atoms with Crippen LogP contribution in [0.2, 0.25) is 0 Å². The van der Waals surface area contributed by atoms with Crippen molar-refractivity contribution in [3.63, 3.8) is 0 Å². The zero-order chi connectivity index (χ0) is 13.7. The number of aryl methyl sites for hydroxylation is 1. The fourth-order valence-corrected chi connectivity index (χ4v) is 2.56. The summed E-state index contributed by atoms with van der Waals surface area (Å²) in [5, 5.41) is 2.98. The van der Waals surface area contributed by atoms with Crippen LogP contribution in [0.3, 0.4) is 0 Å². The van der Waals surface area contributed by atoms with E-state index in [1.165, 1.54) is 4.90 Å². The number of hydrogen-bond donors (Lipinski definition) is 1. The van der Waals surface area contributed by atoms with Gasteiger partial charge in [0.05, 0.1) is 0 Å². The van der Waals surface area contributed by atoms with Crippen molar-refractivity contribution >= 4 is 17.7 Å². The van der Waals surface area contributed by atoms with Gasteiger partial charge in [-0.25, -0.2) is 0 Å². The molecule has 0 unspecified atom stereocenters. The zero-order valence-electron chi connectivity index (χ0n) is 11.1. The number of amides is 1. The molecule has 2 nitrogen and oxygen atoms in total. The van der Waals surface area contributed by atoms with Gasteiger partial charge in [0.25, 0.3) is 5.91 Å². The maximum absolute atomic E-state index is 12.1. The van der Waals surface area contributed by atoms with E-state index in [2.05, 4.69) is 11.4 Å². The van der Waals surface area contributed by atoms with Crippen LogP contribution in [0, 0.1) is 6.92 Å². The van der Waals surface area contributed by atoms with Gasteiger partial charge in [-0.1, -0.05) is 36.4 Å². The van der Waals surface area contributed by atoms with Gasteiger partial charge < -0.3 is 5.32 Å². The molecule has 3 heteroatoms. The van der Waals surface area contributed by atoms with Crippen LogP contribution in [0.25, 0.3) is 0 Å². The van der Waals surface area contributed by atoms with Crippen LogP contribution >= 0.6 is 11.8 Å². The van der Waals surface area contributed by atoms with Crippen molar-refractivity contribution in [3.05, 3.63) is 65.2 Å². The number of thioether (sulfide) groups is 1. The Hall–Kier alpha value is -1.74. The summed E-state index contributed by atoms with van der Waals surface area (Å²) in [6.45, 7) is 2.51. The molecule has 0 bridgehead atoms. The molecule has 2 aromatic rings. The van der Waals surface area contributed by atoms with Crippen molar-refractivity contribution in [1.82, 2.24) is 5.32 Å². The van der Waals surface area contributed by atoms with E-state index in [-0.39, 0.29) is 5.91 Å². The first kappa shape index (κ1) is 13.7. The molecule has 1 N–H and O–H groups in total. The molecule has 0 aliphatic rings. The van der Waals surface area contributed by atoms with Crippen molar-refractivity contribution in [3.8, 4) is 0 Å². The monoisotopic (exact) mass is 271 g/mol. The molecule has 0 radical (unpaired) electrons. The minimum atomic E-state index is -0.0194. The van der Waals surface area contributed by atoms with Crippen LogP contribution in [0.4, 0.5) is 0 Å². The Labute approximate surface area is 118 Å². The van der Waals surface area contributed by atoms with Crippen molar-refractivity contribution in [2.45, 2.75) is 18.4 Å². The molecule has 0 fully saturated rings. The number of carbonyl (C=O) groups is 1. The molecular formula is C16H17NOS. The van der Waals surface area contributed by atoms with E-state index in [4.69, 9.17) is 0 Å². The van der Waals surface area contributed by atoms with Crippen LogP contribution in [0.15, 0.2) is 53.4 Å². The molecule has 0 aliphatic heterocycles. The number of hydrogen-bond acceptors (Lipinski definition) is 2. The first-order valence-corrected chi connectivity index (χ1v) is 7.40. The van der Waals surface area contributed by atoms with Crippen LogP contribution in [0.5, 0.6) is 0 Å². The van der Waals surface area contributed by atoms with Gasteiger partial charge in [0.1, 0.15) is 0 Å². The highest BCUT2D eigenvalue weighted by Gasteiger charge is 2.08. The summed E-state index contributed by atoms with van der Waals surface area (Å²) in [5.74, 6) is -0.0194. The Kier molecular flexibility index (Phi) is 4.63. The molecule has 2 rings (SSSR count). The number of nitrogens with one attached hydrogen (secondary N) is 1. The van der Waals surface area contributed by atoms with Gasteiger partial charge in [-0.05, 0) is 36.4 Å². The third-order valence-electron chi connectivity index (χ3n) is 3.02. The molecule has 98 valence electrons. The van der Waals surface area contributed by atoms with E-state index in [1.54, 1.807) is 11.8 Å². The van der Waals surface area contributed by atoms with Gasteiger partial charge in [0.15, 0.2) is 0 Å². The lowest BCUT2D eigenvalue weighted by Gasteiger charge is -2.10. The van der Waals surface area contributed by atoms with Crippen molar-refractivity contribution in [1.29, 1.82) is 0 Å². The molecule has 0 atom stereocenters. The molecular weight excluding hydrogens is 254 g/mol. The molecule has 0 saturated carbocycles. The highest BCUT2D eigenvalue weighted by molar-refractivity contribution is 7.98. The van der Waals surface area contributed by atoms with Crippen LogP contribution in [-0.2, 0) is 6.54 Å². The highest BCUT2D eigenvalue weighted by atomic mass is 32.2. The smallest absolute Gasteiger partial charge is 0.251 e. The van der Waals surface area contributed by atoms with Gasteiger partial charge >= 0.3 is 0 Å². The fourth-order valence-electron chi connectivity index (χ4n) is 1.95. The van der Waals surface area contributed by atoms with E-state index in [1.807, 2.05) is 55.6 Å². The summed E-state index contributed by atoms with van der Waals surface area (Å²) in [4.78, 5) is 13.3. The van der Waals surface area contributed by atoms with Gasteiger partial charge in [-0.15, -0.1) is 11.8 Å². The number of carbonyl (C=O) groups excluding carboxylic acids is 1. The lowest BCUT2D eigenvalue weighted by atomic mass is 10.1. The van der Waals surface area contributed by atoms with Crippen molar-refractivity contribution in [2.24, 2.45) is 0 Å². The van der Waals surface area contributed by atoms with E-state index >= 15 is 0 Å². The molecule has 0 aliphatic carbocycles. The fraction of sp³-hybridized carbons (Fsp3) is 0.188. The van der Waals surface area contributed by atoms with Gasteiger partial charge in [-0.3, -0.25) is 4.79 Å². The molecule has 0 saturated heterocycles. The second-order valence-electron chi connectivity index (χ2n) is 4.31. The summed E-state index contributed by atoms with van der Waals surface area (Å²) in [6.07, 6.45) is 2.04. The Bertz CT molecular complexity index is 580. The summed E-state index contributed by atoms with van der Waals surface area (Å²) in [5.41, 5.74) is 2.89. The first-order valence-electron chi connectivity index (χ1n) is 6.18. The minimum Gasteiger partial charge on any atom is -0.348 e. The van der Waals surface area contributed by atoms with E-state index in [9.17, 15) is 4.79 Å². The second kappa shape index (κ2) is 6.43. The third-order valence-corrected chi connectivity index (χ3v) is 3.86. The van der Waals surface area contributed by atoms with Crippen LogP contribution in [-0.4, -0.2) is 12.2 Å². The molecule has 1 amide bonds. The number of rotatable bonds is 4. The SMILES string of the molecule is CSc1ccccc1CNC(=O)c1ccccc1C.